The van der Waals surface area contributed by atoms with Crippen molar-refractivity contribution in [1.29, 1.82) is 0 Å². The molecule has 0 unspecified atom stereocenters. The molecule has 1 aliphatic carbocycles. The first-order valence-corrected chi connectivity index (χ1v) is 7.16. The van der Waals surface area contributed by atoms with Crippen LogP contribution in [0.3, 0.4) is 0 Å². The van der Waals surface area contributed by atoms with Gasteiger partial charge in [0, 0.05) is 5.92 Å². The summed E-state index contributed by atoms with van der Waals surface area (Å²) >= 11 is 1.27. The quantitative estimate of drug-likeness (QED) is 0.918. The Morgan fingerprint density at radius 3 is 2.74 bits per heavy atom. The lowest BCUT2D eigenvalue weighted by atomic mass is 10.0. The third-order valence-electron chi connectivity index (χ3n) is 3.39. The second-order valence-electron chi connectivity index (χ2n) is 5.29. The summed E-state index contributed by atoms with van der Waals surface area (Å²) in [7, 11) is 0. The van der Waals surface area contributed by atoms with E-state index in [1.807, 2.05) is 13.8 Å². The molecule has 0 spiro atoms. The average molecular weight is 279 g/mol. The molecule has 0 aliphatic heterocycles. The number of carboxylic acid groups (broad SMARTS) is 1. The van der Waals surface area contributed by atoms with Gasteiger partial charge in [-0.3, -0.25) is 0 Å². The van der Waals surface area contributed by atoms with Gasteiger partial charge in [0.2, 0.25) is 0 Å². The third-order valence-corrected chi connectivity index (χ3v) is 4.74. The highest BCUT2D eigenvalue weighted by Gasteiger charge is 2.30. The zero-order chi connectivity index (χ0) is 13.7. The van der Waals surface area contributed by atoms with Gasteiger partial charge in [-0.1, -0.05) is 13.8 Å². The van der Waals surface area contributed by atoms with Gasteiger partial charge in [-0.05, 0) is 30.4 Å². The van der Waals surface area contributed by atoms with Crippen molar-refractivity contribution in [2.75, 3.05) is 0 Å². The highest BCUT2D eigenvalue weighted by Crippen LogP contribution is 2.45. The van der Waals surface area contributed by atoms with E-state index < -0.39 is 11.8 Å². The highest BCUT2D eigenvalue weighted by atomic mass is 32.1. The molecule has 1 fully saturated rings. The minimum atomic E-state index is -1.21. The lowest BCUT2D eigenvalue weighted by molar-refractivity contribution is 0.0692. The minimum Gasteiger partial charge on any atom is -0.478 e. The number of hydrogen-bond donors (Lipinski definition) is 1. The molecule has 3 rings (SSSR count). The van der Waals surface area contributed by atoms with E-state index in [1.165, 1.54) is 17.4 Å². The second kappa shape index (κ2) is 4.27. The number of benzene rings is 1. The fourth-order valence-corrected chi connectivity index (χ4v) is 3.24. The maximum absolute atomic E-state index is 14.3. The molecular weight excluding hydrogens is 265 g/mol. The van der Waals surface area contributed by atoms with Gasteiger partial charge >= 0.3 is 5.97 Å². The van der Waals surface area contributed by atoms with Gasteiger partial charge in [0.15, 0.2) is 5.82 Å². The topological polar surface area (TPSA) is 50.2 Å². The van der Waals surface area contributed by atoms with Gasteiger partial charge in [-0.2, -0.15) is 0 Å². The number of rotatable bonds is 3. The van der Waals surface area contributed by atoms with Crippen LogP contribution in [0.5, 0.6) is 0 Å². The van der Waals surface area contributed by atoms with E-state index in [1.54, 1.807) is 0 Å². The van der Waals surface area contributed by atoms with Crippen LogP contribution in [0.15, 0.2) is 6.07 Å². The lowest BCUT2D eigenvalue weighted by Crippen LogP contribution is -2.02. The molecule has 0 atom stereocenters. The molecule has 2 aromatic rings. The number of aromatic carboxylic acids is 1. The van der Waals surface area contributed by atoms with Gasteiger partial charge in [0.1, 0.15) is 0 Å². The Labute approximate surface area is 114 Å². The second-order valence-corrected chi connectivity index (χ2v) is 6.32. The first-order chi connectivity index (χ1) is 8.99. The summed E-state index contributed by atoms with van der Waals surface area (Å²) in [6, 6.07) is 1.47. The molecule has 1 heterocycles. The lowest BCUT2D eigenvalue weighted by Gasteiger charge is -2.04. The van der Waals surface area contributed by atoms with Crippen LogP contribution in [0.1, 0.15) is 59.5 Å². The minimum absolute atomic E-state index is 0.220. The SMILES string of the molecule is CC(C)c1nc2c(C3CC3)cc(C(=O)O)c(F)c2s1. The number of fused-ring (bicyclic) bond motifs is 1. The van der Waals surface area contributed by atoms with Gasteiger partial charge in [0.05, 0.1) is 20.8 Å². The summed E-state index contributed by atoms with van der Waals surface area (Å²) in [6.45, 7) is 4.01. The molecule has 5 heteroatoms. The van der Waals surface area contributed by atoms with Crippen molar-refractivity contribution in [1.82, 2.24) is 4.98 Å². The van der Waals surface area contributed by atoms with Gasteiger partial charge in [-0.15, -0.1) is 11.3 Å². The Bertz CT molecular complexity index is 674. The van der Waals surface area contributed by atoms with Crippen molar-refractivity contribution in [2.24, 2.45) is 0 Å². The summed E-state index contributed by atoms with van der Waals surface area (Å²) in [5.74, 6) is -1.28. The molecule has 100 valence electrons. The van der Waals surface area contributed by atoms with E-state index in [9.17, 15) is 9.18 Å². The van der Waals surface area contributed by atoms with E-state index in [0.29, 0.717) is 16.1 Å². The van der Waals surface area contributed by atoms with Crippen LogP contribution in [-0.2, 0) is 0 Å². The third kappa shape index (κ3) is 2.02. The molecule has 1 aliphatic rings. The van der Waals surface area contributed by atoms with Crippen molar-refractivity contribution in [3.05, 3.63) is 28.0 Å². The first kappa shape index (κ1) is 12.5. The van der Waals surface area contributed by atoms with Crippen molar-refractivity contribution in [3.63, 3.8) is 0 Å². The van der Waals surface area contributed by atoms with Crippen LogP contribution in [-0.4, -0.2) is 16.1 Å². The van der Waals surface area contributed by atoms with Gasteiger partial charge < -0.3 is 5.11 Å². The van der Waals surface area contributed by atoms with Crippen LogP contribution in [0.2, 0.25) is 0 Å². The maximum Gasteiger partial charge on any atom is 0.338 e. The van der Waals surface area contributed by atoms with Crippen LogP contribution >= 0.6 is 11.3 Å². The number of carbonyl (C=O) groups is 1. The summed E-state index contributed by atoms with van der Waals surface area (Å²) in [4.78, 5) is 15.7. The van der Waals surface area contributed by atoms with E-state index in [2.05, 4.69) is 4.98 Å². The smallest absolute Gasteiger partial charge is 0.338 e. The number of carboxylic acids is 1. The van der Waals surface area contributed by atoms with Crippen molar-refractivity contribution < 1.29 is 14.3 Å². The molecule has 3 nitrogen and oxygen atoms in total. The first-order valence-electron chi connectivity index (χ1n) is 6.35. The molecule has 0 radical (unpaired) electrons. The van der Waals surface area contributed by atoms with E-state index >= 15 is 0 Å². The molecule has 1 saturated carbocycles. The normalized spacial score (nSPS) is 15.4. The number of hydrogen-bond acceptors (Lipinski definition) is 3. The number of nitrogens with zero attached hydrogens (tertiary/aromatic N) is 1. The maximum atomic E-state index is 14.3. The van der Waals surface area contributed by atoms with Crippen molar-refractivity contribution >= 4 is 27.5 Å². The van der Waals surface area contributed by atoms with Crippen LogP contribution in [0, 0.1) is 5.82 Å². The molecule has 1 N–H and O–H groups in total. The zero-order valence-corrected chi connectivity index (χ0v) is 11.6. The number of aromatic nitrogens is 1. The Morgan fingerprint density at radius 2 is 2.21 bits per heavy atom. The molecule has 1 aromatic heterocycles. The van der Waals surface area contributed by atoms with E-state index in [0.717, 1.165) is 23.4 Å². The van der Waals surface area contributed by atoms with E-state index in [4.69, 9.17) is 5.11 Å². The van der Waals surface area contributed by atoms with Crippen LogP contribution in [0.25, 0.3) is 10.2 Å². The fraction of sp³-hybridized carbons (Fsp3) is 0.429. The van der Waals surface area contributed by atoms with Crippen LogP contribution in [0.4, 0.5) is 4.39 Å². The standard InChI is InChI=1S/C14H14FNO2S/c1-6(2)13-16-11-8(7-3-4-7)5-9(14(17)18)10(15)12(11)19-13/h5-7H,3-4H2,1-2H3,(H,17,18). The molecule has 0 saturated heterocycles. The molecule has 0 bridgehead atoms. The van der Waals surface area contributed by atoms with Gasteiger partial charge in [0.25, 0.3) is 0 Å². The molecule has 0 amide bonds. The molecule has 19 heavy (non-hydrogen) atoms. The zero-order valence-electron chi connectivity index (χ0n) is 10.7. The average Bonchev–Trinajstić information content (AvgIpc) is 3.06. The summed E-state index contributed by atoms with van der Waals surface area (Å²) < 4.78 is 14.6. The summed E-state index contributed by atoms with van der Waals surface area (Å²) in [6.07, 6.45) is 2.07. The molecular formula is C14H14FNO2S. The Morgan fingerprint density at radius 1 is 1.53 bits per heavy atom. The van der Waals surface area contributed by atoms with Crippen molar-refractivity contribution in [2.45, 2.75) is 38.5 Å². The Kier molecular flexibility index (Phi) is 2.82. The largest absolute Gasteiger partial charge is 0.478 e. The van der Waals surface area contributed by atoms with E-state index in [-0.39, 0.29) is 11.5 Å². The summed E-state index contributed by atoms with van der Waals surface area (Å²) in [5, 5.41) is 9.97. The Balaban J connectivity index is 2.32. The fourth-order valence-electron chi connectivity index (χ4n) is 2.20. The van der Waals surface area contributed by atoms with Crippen LogP contribution < -0.4 is 0 Å². The predicted molar refractivity (Wildman–Crippen MR) is 72.6 cm³/mol. The summed E-state index contributed by atoms with van der Waals surface area (Å²) in [5.41, 5.74) is 1.34. The molecule has 1 aromatic carbocycles. The highest BCUT2D eigenvalue weighted by molar-refractivity contribution is 7.18. The number of thiazole rings is 1. The number of halogens is 1. The predicted octanol–water partition coefficient (Wildman–Crippen LogP) is 4.13. The monoisotopic (exact) mass is 279 g/mol. The Hall–Kier alpha value is -1.49. The van der Waals surface area contributed by atoms with Crippen molar-refractivity contribution in [3.8, 4) is 0 Å². The van der Waals surface area contributed by atoms with Gasteiger partial charge in [-0.25, -0.2) is 14.2 Å².